The Balaban J connectivity index is 1.53. The van der Waals surface area contributed by atoms with Crippen LogP contribution in [0.3, 0.4) is 0 Å². The van der Waals surface area contributed by atoms with Crippen molar-refractivity contribution in [2.45, 2.75) is 0 Å². The van der Waals surface area contributed by atoms with E-state index in [0.717, 1.165) is 33.2 Å². The average Bonchev–Trinajstić information content (AvgIpc) is 3.39. The second kappa shape index (κ2) is 8.48. The molecule has 0 saturated carbocycles. The van der Waals surface area contributed by atoms with E-state index in [0.29, 0.717) is 5.95 Å². The summed E-state index contributed by atoms with van der Waals surface area (Å²) in [5.41, 5.74) is 5.16. The van der Waals surface area contributed by atoms with Crippen molar-refractivity contribution in [2.24, 2.45) is 0 Å². The molecule has 0 aliphatic heterocycles. The SMILES string of the molecule is c1ccc(-c2nc(-n3c4cccc5c6ccccc6c6ccccc6c6cccc3c6c54)nc3ccccc23)cc1. The minimum Gasteiger partial charge on any atom is -0.278 e. The van der Waals surface area contributed by atoms with Crippen molar-refractivity contribution in [3.63, 3.8) is 0 Å². The monoisotopic (exact) mass is 521 g/mol. The maximum atomic E-state index is 5.28. The lowest BCUT2D eigenvalue weighted by molar-refractivity contribution is 1.01. The lowest BCUT2D eigenvalue weighted by Crippen LogP contribution is -2.03. The second-order valence-electron chi connectivity index (χ2n) is 10.6. The molecule has 0 unspecified atom stereocenters. The van der Waals surface area contributed by atoms with Crippen LogP contribution >= 0.6 is 0 Å². The van der Waals surface area contributed by atoms with Gasteiger partial charge in [0.15, 0.2) is 0 Å². The third-order valence-electron chi connectivity index (χ3n) is 8.38. The van der Waals surface area contributed by atoms with Crippen molar-refractivity contribution < 1.29 is 0 Å². The summed E-state index contributed by atoms with van der Waals surface area (Å²) in [5, 5.41) is 11.0. The van der Waals surface area contributed by atoms with Crippen LogP contribution in [0.5, 0.6) is 0 Å². The maximum absolute atomic E-state index is 5.28. The zero-order chi connectivity index (χ0) is 26.9. The van der Waals surface area contributed by atoms with Gasteiger partial charge in [-0.3, -0.25) is 4.57 Å². The molecule has 0 fully saturated rings. The van der Waals surface area contributed by atoms with Gasteiger partial charge >= 0.3 is 0 Å². The number of nitrogens with zero attached hydrogens (tertiary/aromatic N) is 3. The molecule has 190 valence electrons. The van der Waals surface area contributed by atoms with Gasteiger partial charge in [0, 0.05) is 21.7 Å². The summed E-state index contributed by atoms with van der Waals surface area (Å²) in [7, 11) is 0. The number of para-hydroxylation sites is 1. The van der Waals surface area contributed by atoms with Gasteiger partial charge in [0.2, 0.25) is 5.95 Å². The molecule has 9 aromatic rings. The minimum absolute atomic E-state index is 0.678. The fourth-order valence-electron chi connectivity index (χ4n) is 6.66. The summed E-state index contributed by atoms with van der Waals surface area (Å²) in [6, 6.07) is 49.5. The van der Waals surface area contributed by atoms with E-state index in [1.54, 1.807) is 0 Å². The molecule has 2 aromatic heterocycles. The van der Waals surface area contributed by atoms with Gasteiger partial charge in [0.1, 0.15) is 0 Å². The van der Waals surface area contributed by atoms with E-state index in [2.05, 4.69) is 132 Å². The molecule has 41 heavy (non-hydrogen) atoms. The topological polar surface area (TPSA) is 30.7 Å². The number of fused-ring (bicyclic) bond motifs is 6. The smallest absolute Gasteiger partial charge is 0.235 e. The van der Waals surface area contributed by atoms with Gasteiger partial charge in [-0.25, -0.2) is 9.97 Å². The highest BCUT2D eigenvalue weighted by Crippen LogP contribution is 2.42. The standard InChI is InChI=1S/C38H23N3/c1-2-12-24(13-3-1)37-31-18-8-9-21-32(31)39-38(40-37)41-33-22-10-19-29-27-16-6-4-14-25(27)26-15-5-7-17-28(26)30-20-11-23-34(41)36(30)35(29)33/h1-23H. The largest absolute Gasteiger partial charge is 0.278 e. The molecule has 0 amide bonds. The van der Waals surface area contributed by atoms with E-state index < -0.39 is 0 Å². The van der Waals surface area contributed by atoms with Gasteiger partial charge in [0.25, 0.3) is 0 Å². The zero-order valence-electron chi connectivity index (χ0n) is 22.1. The van der Waals surface area contributed by atoms with Crippen molar-refractivity contribution in [3.8, 4) is 17.2 Å². The summed E-state index contributed by atoms with van der Waals surface area (Å²) < 4.78 is 2.26. The summed E-state index contributed by atoms with van der Waals surface area (Å²) in [6.45, 7) is 0. The normalized spacial score (nSPS) is 11.9. The van der Waals surface area contributed by atoms with E-state index in [4.69, 9.17) is 9.97 Å². The zero-order valence-corrected chi connectivity index (χ0v) is 22.1. The number of rotatable bonds is 2. The second-order valence-corrected chi connectivity index (χ2v) is 10.6. The molecule has 0 aliphatic rings. The molecule has 0 spiro atoms. The minimum atomic E-state index is 0.678. The van der Waals surface area contributed by atoms with Crippen molar-refractivity contribution >= 4 is 65.0 Å². The molecule has 0 saturated heterocycles. The third kappa shape index (κ3) is 3.14. The first kappa shape index (κ1) is 22.3. The van der Waals surface area contributed by atoms with Gasteiger partial charge in [-0.15, -0.1) is 0 Å². The Morgan fingerprint density at radius 3 is 1.41 bits per heavy atom. The first-order valence-electron chi connectivity index (χ1n) is 13.9. The number of hydrogen-bond acceptors (Lipinski definition) is 2. The van der Waals surface area contributed by atoms with Crippen LogP contribution in [0.4, 0.5) is 0 Å². The van der Waals surface area contributed by atoms with Crippen LogP contribution in [0.15, 0.2) is 140 Å². The lowest BCUT2D eigenvalue weighted by Gasteiger charge is -2.11. The van der Waals surface area contributed by atoms with Crippen LogP contribution in [-0.4, -0.2) is 14.5 Å². The quantitative estimate of drug-likeness (QED) is 0.227. The van der Waals surface area contributed by atoms with Crippen molar-refractivity contribution in [1.29, 1.82) is 0 Å². The van der Waals surface area contributed by atoms with Crippen LogP contribution in [0.2, 0.25) is 0 Å². The van der Waals surface area contributed by atoms with Gasteiger partial charge in [-0.2, -0.15) is 0 Å². The fourth-order valence-corrected chi connectivity index (χ4v) is 6.66. The maximum Gasteiger partial charge on any atom is 0.235 e. The van der Waals surface area contributed by atoms with Crippen molar-refractivity contribution in [3.05, 3.63) is 140 Å². The molecular weight excluding hydrogens is 498 g/mol. The number of aromatic nitrogens is 3. The molecule has 2 heterocycles. The summed E-state index contributed by atoms with van der Waals surface area (Å²) in [4.78, 5) is 10.5. The van der Waals surface area contributed by atoms with Crippen LogP contribution in [0, 0.1) is 0 Å². The summed E-state index contributed by atoms with van der Waals surface area (Å²) >= 11 is 0. The summed E-state index contributed by atoms with van der Waals surface area (Å²) in [6.07, 6.45) is 0. The molecule has 3 nitrogen and oxygen atoms in total. The Labute approximate surface area is 235 Å². The van der Waals surface area contributed by atoms with E-state index in [-0.39, 0.29) is 0 Å². The molecule has 7 aromatic carbocycles. The predicted octanol–water partition coefficient (Wildman–Crippen LogP) is 9.85. The van der Waals surface area contributed by atoms with Gasteiger partial charge in [-0.1, -0.05) is 121 Å². The van der Waals surface area contributed by atoms with E-state index in [9.17, 15) is 0 Å². The number of hydrogen-bond donors (Lipinski definition) is 0. The Morgan fingerprint density at radius 1 is 0.366 bits per heavy atom. The predicted molar refractivity (Wildman–Crippen MR) is 172 cm³/mol. The van der Waals surface area contributed by atoms with Gasteiger partial charge < -0.3 is 0 Å². The van der Waals surface area contributed by atoms with Crippen LogP contribution < -0.4 is 0 Å². The summed E-state index contributed by atoms with van der Waals surface area (Å²) in [5.74, 6) is 0.678. The average molecular weight is 522 g/mol. The van der Waals surface area contributed by atoms with Gasteiger partial charge in [-0.05, 0) is 50.5 Å². The first-order chi connectivity index (χ1) is 20.4. The van der Waals surface area contributed by atoms with E-state index >= 15 is 0 Å². The van der Waals surface area contributed by atoms with Crippen LogP contribution in [0.25, 0.3) is 82.2 Å². The van der Waals surface area contributed by atoms with Crippen molar-refractivity contribution in [2.75, 3.05) is 0 Å². The molecule has 3 heteroatoms. The van der Waals surface area contributed by atoms with E-state index in [1.807, 2.05) is 12.1 Å². The number of benzene rings is 6. The van der Waals surface area contributed by atoms with E-state index in [1.165, 1.54) is 43.1 Å². The first-order valence-corrected chi connectivity index (χ1v) is 13.9. The Kier molecular flexibility index (Phi) is 4.61. The van der Waals surface area contributed by atoms with Crippen LogP contribution in [0.1, 0.15) is 0 Å². The Bertz CT molecular complexity index is 2360. The highest BCUT2D eigenvalue weighted by molar-refractivity contribution is 6.33. The molecule has 9 rings (SSSR count). The Hall–Kier alpha value is -5.54. The Morgan fingerprint density at radius 2 is 0.829 bits per heavy atom. The highest BCUT2D eigenvalue weighted by atomic mass is 15.2. The molecule has 0 N–H and O–H groups in total. The fraction of sp³-hybridized carbons (Fsp3) is 0. The molecule has 0 aliphatic carbocycles. The van der Waals surface area contributed by atoms with Crippen molar-refractivity contribution in [1.82, 2.24) is 14.5 Å². The molecular formula is C38H23N3. The molecule has 0 bridgehead atoms. The lowest BCUT2D eigenvalue weighted by atomic mass is 9.95. The molecule has 0 radical (unpaired) electrons. The van der Waals surface area contributed by atoms with Gasteiger partial charge in [0.05, 0.1) is 22.2 Å². The molecule has 0 atom stereocenters. The highest BCUT2D eigenvalue weighted by Gasteiger charge is 2.20. The van der Waals surface area contributed by atoms with Crippen LogP contribution in [-0.2, 0) is 0 Å². The third-order valence-corrected chi connectivity index (χ3v) is 8.38.